The molecule has 174 valence electrons. The van der Waals surface area contributed by atoms with Gasteiger partial charge in [0.1, 0.15) is 5.82 Å². The predicted molar refractivity (Wildman–Crippen MR) is 138 cm³/mol. The summed E-state index contributed by atoms with van der Waals surface area (Å²) in [5.41, 5.74) is 3.25. The van der Waals surface area contributed by atoms with Crippen LogP contribution in [0.5, 0.6) is 0 Å². The van der Waals surface area contributed by atoms with Crippen molar-refractivity contribution in [1.82, 2.24) is 9.97 Å². The summed E-state index contributed by atoms with van der Waals surface area (Å²) in [6.07, 6.45) is 0. The molecule has 0 fully saturated rings. The molecule has 0 atom stereocenters. The fourth-order valence-corrected chi connectivity index (χ4v) is 4.86. The smallest absolute Gasteiger partial charge is 0.261 e. The second-order valence-electron chi connectivity index (χ2n) is 7.71. The molecule has 1 heterocycles. The number of carbonyl (C=O) groups excluding carboxylic acids is 1. The van der Waals surface area contributed by atoms with E-state index in [0.717, 1.165) is 11.0 Å². The van der Waals surface area contributed by atoms with Crippen molar-refractivity contribution in [2.24, 2.45) is 0 Å². The zero-order valence-corrected chi connectivity index (χ0v) is 19.8. The van der Waals surface area contributed by atoms with Gasteiger partial charge in [0.05, 0.1) is 32.9 Å². The molecule has 0 aliphatic heterocycles. The lowest BCUT2D eigenvalue weighted by Gasteiger charge is -2.14. The van der Waals surface area contributed by atoms with Crippen LogP contribution in [-0.2, 0) is 10.0 Å². The van der Waals surface area contributed by atoms with Crippen LogP contribution in [0.4, 0.5) is 11.4 Å². The molecule has 35 heavy (non-hydrogen) atoms. The number of anilines is 2. The Kier molecular flexibility index (Phi) is 5.98. The van der Waals surface area contributed by atoms with Crippen LogP contribution in [0.1, 0.15) is 10.4 Å². The van der Waals surface area contributed by atoms with Crippen LogP contribution in [0.3, 0.4) is 0 Å². The number of para-hydroxylation sites is 4. The van der Waals surface area contributed by atoms with E-state index in [-0.39, 0.29) is 16.1 Å². The number of aromatic nitrogens is 2. The summed E-state index contributed by atoms with van der Waals surface area (Å²) >= 11 is 5.87. The van der Waals surface area contributed by atoms with E-state index in [1.807, 2.05) is 36.4 Å². The average Bonchev–Trinajstić information content (AvgIpc) is 3.29. The molecule has 0 aliphatic rings. The van der Waals surface area contributed by atoms with Gasteiger partial charge in [-0.05, 0) is 60.7 Å². The summed E-state index contributed by atoms with van der Waals surface area (Å²) in [6.45, 7) is 0. The van der Waals surface area contributed by atoms with Crippen molar-refractivity contribution in [3.8, 4) is 11.4 Å². The van der Waals surface area contributed by atoms with E-state index in [4.69, 9.17) is 11.6 Å². The molecule has 9 heteroatoms. The largest absolute Gasteiger partial charge is 0.338 e. The fraction of sp³-hybridized carbons (Fsp3) is 0. The highest BCUT2D eigenvalue weighted by atomic mass is 35.5. The second kappa shape index (κ2) is 9.25. The number of nitrogens with zero attached hydrogens (tertiary/aromatic N) is 1. The highest BCUT2D eigenvalue weighted by Crippen LogP contribution is 2.29. The lowest BCUT2D eigenvalue weighted by molar-refractivity contribution is 0.102. The number of rotatable bonds is 6. The number of hydrogen-bond donors (Lipinski definition) is 3. The molecule has 0 spiro atoms. The molecule has 0 unspecified atom stereocenters. The van der Waals surface area contributed by atoms with Gasteiger partial charge in [-0.3, -0.25) is 9.52 Å². The molecule has 0 bridgehead atoms. The third kappa shape index (κ3) is 4.75. The van der Waals surface area contributed by atoms with Gasteiger partial charge >= 0.3 is 0 Å². The number of aromatic amines is 1. The van der Waals surface area contributed by atoms with Crippen molar-refractivity contribution >= 4 is 49.9 Å². The first-order valence-corrected chi connectivity index (χ1v) is 12.5. The fourth-order valence-electron chi connectivity index (χ4n) is 3.66. The van der Waals surface area contributed by atoms with E-state index in [0.29, 0.717) is 22.1 Å². The number of fused-ring (bicyclic) bond motifs is 1. The molecule has 0 saturated carbocycles. The monoisotopic (exact) mass is 502 g/mol. The Morgan fingerprint density at radius 1 is 0.800 bits per heavy atom. The Labute approximate surface area is 206 Å². The Hall–Kier alpha value is -4.14. The number of benzene rings is 4. The number of amides is 1. The first-order valence-electron chi connectivity index (χ1n) is 10.6. The Morgan fingerprint density at radius 2 is 1.46 bits per heavy atom. The van der Waals surface area contributed by atoms with Gasteiger partial charge in [0.15, 0.2) is 0 Å². The van der Waals surface area contributed by atoms with E-state index in [2.05, 4.69) is 20.0 Å². The summed E-state index contributed by atoms with van der Waals surface area (Å²) in [5.74, 6) is 0.141. The van der Waals surface area contributed by atoms with E-state index in [1.165, 1.54) is 30.3 Å². The molecule has 1 amide bonds. The molecule has 4 aromatic carbocycles. The highest BCUT2D eigenvalue weighted by Gasteiger charge is 2.20. The van der Waals surface area contributed by atoms with E-state index in [9.17, 15) is 13.2 Å². The van der Waals surface area contributed by atoms with Crippen molar-refractivity contribution in [2.75, 3.05) is 10.0 Å². The van der Waals surface area contributed by atoms with Crippen LogP contribution in [0, 0.1) is 0 Å². The summed E-state index contributed by atoms with van der Waals surface area (Å²) in [5, 5.41) is 3.31. The van der Waals surface area contributed by atoms with Crippen LogP contribution in [0.25, 0.3) is 22.4 Å². The minimum absolute atomic E-state index is 0.0346. The maximum Gasteiger partial charge on any atom is 0.261 e. The van der Waals surface area contributed by atoms with Gasteiger partial charge < -0.3 is 10.3 Å². The molecule has 0 aliphatic carbocycles. The van der Waals surface area contributed by atoms with E-state index >= 15 is 0 Å². The number of H-pyrrole nitrogens is 1. The van der Waals surface area contributed by atoms with E-state index < -0.39 is 15.9 Å². The average molecular weight is 503 g/mol. The summed E-state index contributed by atoms with van der Waals surface area (Å²) in [7, 11) is -3.93. The molecule has 5 aromatic rings. The molecule has 5 rings (SSSR count). The quantitative estimate of drug-likeness (QED) is 0.267. The van der Waals surface area contributed by atoms with Crippen LogP contribution in [0.15, 0.2) is 102 Å². The molecule has 7 nitrogen and oxygen atoms in total. The molecular formula is C26H19ClN4O3S. The maximum atomic E-state index is 13.3. The van der Waals surface area contributed by atoms with Gasteiger partial charge in [0.25, 0.3) is 15.9 Å². The van der Waals surface area contributed by atoms with Gasteiger partial charge in [0.2, 0.25) is 0 Å². The number of imidazole rings is 1. The minimum atomic E-state index is -3.93. The third-order valence-electron chi connectivity index (χ3n) is 5.36. The summed E-state index contributed by atoms with van der Waals surface area (Å²) in [6, 6.07) is 27.1. The summed E-state index contributed by atoms with van der Waals surface area (Å²) < 4.78 is 28.2. The number of hydrogen-bond acceptors (Lipinski definition) is 4. The van der Waals surface area contributed by atoms with E-state index in [1.54, 1.807) is 30.3 Å². The van der Waals surface area contributed by atoms with Crippen molar-refractivity contribution in [1.29, 1.82) is 0 Å². The Bertz CT molecular complexity index is 1610. The van der Waals surface area contributed by atoms with Gasteiger partial charge in [-0.15, -0.1) is 0 Å². The lowest BCUT2D eigenvalue weighted by atomic mass is 10.1. The van der Waals surface area contributed by atoms with Crippen molar-refractivity contribution < 1.29 is 13.2 Å². The first-order chi connectivity index (χ1) is 16.9. The third-order valence-corrected chi connectivity index (χ3v) is 6.99. The topological polar surface area (TPSA) is 104 Å². The molecule has 0 saturated heterocycles. The van der Waals surface area contributed by atoms with Crippen LogP contribution < -0.4 is 10.0 Å². The Morgan fingerprint density at radius 3 is 2.23 bits per heavy atom. The van der Waals surface area contributed by atoms with Gasteiger partial charge in [0, 0.05) is 10.6 Å². The zero-order valence-electron chi connectivity index (χ0n) is 18.2. The molecule has 0 radical (unpaired) electrons. The number of halogens is 1. The summed E-state index contributed by atoms with van der Waals surface area (Å²) in [4.78, 5) is 21.2. The van der Waals surface area contributed by atoms with Crippen molar-refractivity contribution in [3.05, 3.63) is 108 Å². The number of carbonyl (C=O) groups is 1. The number of sulfonamides is 1. The molecule has 1 aromatic heterocycles. The SMILES string of the molecule is O=C(Nc1ccccc1-c1nc2ccccc2[nH]1)c1ccccc1NS(=O)(=O)c1ccc(Cl)cc1. The van der Waals surface area contributed by atoms with Gasteiger partial charge in [-0.1, -0.05) is 48.0 Å². The normalized spacial score (nSPS) is 11.3. The number of nitrogens with one attached hydrogen (secondary N) is 3. The maximum absolute atomic E-state index is 13.3. The van der Waals surface area contributed by atoms with Crippen LogP contribution in [-0.4, -0.2) is 24.3 Å². The van der Waals surface area contributed by atoms with Crippen LogP contribution >= 0.6 is 11.6 Å². The minimum Gasteiger partial charge on any atom is -0.338 e. The first kappa shape index (κ1) is 22.6. The Balaban J connectivity index is 1.45. The zero-order chi connectivity index (χ0) is 24.4. The predicted octanol–water partition coefficient (Wildman–Crippen LogP) is 5.94. The van der Waals surface area contributed by atoms with Crippen molar-refractivity contribution in [3.63, 3.8) is 0 Å². The van der Waals surface area contributed by atoms with Gasteiger partial charge in [-0.2, -0.15) is 0 Å². The van der Waals surface area contributed by atoms with Gasteiger partial charge in [-0.25, -0.2) is 13.4 Å². The second-order valence-corrected chi connectivity index (χ2v) is 9.83. The van der Waals surface area contributed by atoms with Crippen LogP contribution in [0.2, 0.25) is 5.02 Å². The standard InChI is InChI=1S/C26H19ClN4O3S/c27-17-13-15-18(16-14-17)35(33,34)31-22-10-4-2-8-20(22)26(32)30-21-9-3-1-7-19(21)25-28-23-11-5-6-12-24(23)29-25/h1-16,31H,(H,28,29)(H,30,32). The highest BCUT2D eigenvalue weighted by molar-refractivity contribution is 7.92. The lowest BCUT2D eigenvalue weighted by Crippen LogP contribution is -2.19. The molecular weight excluding hydrogens is 484 g/mol. The van der Waals surface area contributed by atoms with Crippen molar-refractivity contribution in [2.45, 2.75) is 4.90 Å². The molecule has 3 N–H and O–H groups in total.